The SMILES string of the molecule is Cc1ncnc(N2CC3CCC(C2)C3NC(=O)OC(C)(C)C)c1F. The lowest BCUT2D eigenvalue weighted by Gasteiger charge is -2.39. The Balaban J connectivity index is 1.68. The average Bonchev–Trinajstić information content (AvgIpc) is 2.70. The highest BCUT2D eigenvalue weighted by molar-refractivity contribution is 5.68. The van der Waals surface area contributed by atoms with E-state index in [1.165, 1.54) is 6.33 Å². The van der Waals surface area contributed by atoms with Gasteiger partial charge in [-0.3, -0.25) is 0 Å². The topological polar surface area (TPSA) is 67.4 Å². The number of alkyl carbamates (subject to hydrolysis) is 1. The maximum atomic E-state index is 14.3. The normalized spacial score (nSPS) is 26.4. The molecule has 1 aromatic rings. The zero-order chi connectivity index (χ0) is 17.5. The monoisotopic (exact) mass is 336 g/mol. The largest absolute Gasteiger partial charge is 0.444 e. The van der Waals surface area contributed by atoms with Crippen LogP contribution in [-0.2, 0) is 4.74 Å². The maximum absolute atomic E-state index is 14.3. The summed E-state index contributed by atoms with van der Waals surface area (Å²) in [5, 5.41) is 3.02. The molecule has 0 aromatic carbocycles. The van der Waals surface area contributed by atoms with Gasteiger partial charge in [-0.15, -0.1) is 0 Å². The number of anilines is 1. The fourth-order valence-corrected chi connectivity index (χ4v) is 3.74. The number of halogens is 1. The van der Waals surface area contributed by atoms with E-state index in [9.17, 15) is 9.18 Å². The number of nitrogens with one attached hydrogen (secondary N) is 1. The van der Waals surface area contributed by atoms with E-state index in [4.69, 9.17) is 4.74 Å². The second kappa shape index (κ2) is 6.18. The molecule has 2 unspecified atom stereocenters. The third kappa shape index (κ3) is 3.44. The van der Waals surface area contributed by atoms with Crippen molar-refractivity contribution in [3.05, 3.63) is 17.8 Å². The summed E-state index contributed by atoms with van der Waals surface area (Å²) in [4.78, 5) is 22.1. The molecule has 2 fully saturated rings. The van der Waals surface area contributed by atoms with Gasteiger partial charge in [0.25, 0.3) is 0 Å². The van der Waals surface area contributed by atoms with Crippen molar-refractivity contribution in [2.45, 2.75) is 52.2 Å². The minimum absolute atomic E-state index is 0.0853. The summed E-state index contributed by atoms with van der Waals surface area (Å²) in [6, 6.07) is 0.0853. The Morgan fingerprint density at radius 1 is 1.29 bits per heavy atom. The van der Waals surface area contributed by atoms with E-state index >= 15 is 0 Å². The average molecular weight is 336 g/mol. The first-order valence-corrected chi connectivity index (χ1v) is 8.46. The molecular weight excluding hydrogens is 311 g/mol. The van der Waals surface area contributed by atoms with Crippen molar-refractivity contribution in [1.29, 1.82) is 0 Å². The molecule has 2 heterocycles. The Labute approximate surface area is 141 Å². The molecule has 2 bridgehead atoms. The van der Waals surface area contributed by atoms with E-state index in [2.05, 4.69) is 15.3 Å². The van der Waals surface area contributed by atoms with Crippen LogP contribution >= 0.6 is 0 Å². The van der Waals surface area contributed by atoms with Crippen LogP contribution in [-0.4, -0.2) is 40.8 Å². The summed E-state index contributed by atoms with van der Waals surface area (Å²) in [6.07, 6.45) is 3.07. The van der Waals surface area contributed by atoms with E-state index < -0.39 is 5.60 Å². The summed E-state index contributed by atoms with van der Waals surface area (Å²) in [6.45, 7) is 8.57. The third-order valence-corrected chi connectivity index (χ3v) is 4.76. The van der Waals surface area contributed by atoms with Crippen LogP contribution in [0, 0.1) is 24.6 Å². The molecule has 1 aliphatic heterocycles. The second-order valence-electron chi connectivity index (χ2n) is 7.77. The van der Waals surface area contributed by atoms with Gasteiger partial charge in [-0.2, -0.15) is 0 Å². The van der Waals surface area contributed by atoms with Crippen molar-refractivity contribution < 1.29 is 13.9 Å². The standard InChI is InChI=1S/C17H25FN4O2/c1-10-13(18)15(20-9-19-10)22-7-11-5-6-12(8-22)14(11)21-16(23)24-17(2,3)4/h9,11-12,14H,5-8H2,1-4H3,(H,21,23). The quantitative estimate of drug-likeness (QED) is 0.899. The van der Waals surface area contributed by atoms with Gasteiger partial charge in [-0.05, 0) is 52.4 Å². The predicted molar refractivity (Wildman–Crippen MR) is 88.3 cm³/mol. The van der Waals surface area contributed by atoms with E-state index in [1.54, 1.807) is 6.92 Å². The molecule has 1 aromatic heterocycles. The Bertz CT molecular complexity index is 618. The van der Waals surface area contributed by atoms with Crippen LogP contribution in [0.5, 0.6) is 0 Å². The van der Waals surface area contributed by atoms with E-state index in [0.717, 1.165) is 12.8 Å². The summed E-state index contributed by atoms with van der Waals surface area (Å²) in [7, 11) is 0. The van der Waals surface area contributed by atoms with Crippen molar-refractivity contribution >= 4 is 11.9 Å². The fraction of sp³-hybridized carbons (Fsp3) is 0.706. The molecule has 2 atom stereocenters. The van der Waals surface area contributed by atoms with Gasteiger partial charge in [-0.1, -0.05) is 0 Å². The Morgan fingerprint density at radius 2 is 1.92 bits per heavy atom. The van der Waals surface area contributed by atoms with Crippen molar-refractivity contribution in [1.82, 2.24) is 15.3 Å². The minimum Gasteiger partial charge on any atom is -0.444 e. The second-order valence-corrected chi connectivity index (χ2v) is 7.77. The van der Waals surface area contributed by atoms with Gasteiger partial charge in [0, 0.05) is 19.1 Å². The van der Waals surface area contributed by atoms with Gasteiger partial charge in [0.05, 0.1) is 5.69 Å². The van der Waals surface area contributed by atoms with Crippen molar-refractivity contribution in [3.63, 3.8) is 0 Å². The molecule has 3 rings (SSSR count). The van der Waals surface area contributed by atoms with E-state index in [1.807, 2.05) is 25.7 Å². The molecule has 1 aliphatic carbocycles. The lowest BCUT2D eigenvalue weighted by atomic mass is 9.92. The lowest BCUT2D eigenvalue weighted by Crippen LogP contribution is -2.53. The number of hydrogen-bond donors (Lipinski definition) is 1. The number of hydrogen-bond acceptors (Lipinski definition) is 5. The fourth-order valence-electron chi connectivity index (χ4n) is 3.74. The van der Waals surface area contributed by atoms with Gasteiger partial charge in [0.2, 0.25) is 0 Å². The Morgan fingerprint density at radius 3 is 2.50 bits per heavy atom. The molecule has 0 spiro atoms. The van der Waals surface area contributed by atoms with Crippen LogP contribution in [0.4, 0.5) is 15.0 Å². The van der Waals surface area contributed by atoms with Gasteiger partial charge < -0.3 is 15.0 Å². The van der Waals surface area contributed by atoms with Gasteiger partial charge in [-0.25, -0.2) is 19.2 Å². The minimum atomic E-state index is -0.508. The first kappa shape index (κ1) is 16.9. The number of amides is 1. The van der Waals surface area contributed by atoms with Crippen LogP contribution in [0.15, 0.2) is 6.33 Å². The molecule has 1 saturated heterocycles. The number of ether oxygens (including phenoxy) is 1. The van der Waals surface area contributed by atoms with E-state index in [-0.39, 0.29) is 29.8 Å². The molecule has 24 heavy (non-hydrogen) atoms. The van der Waals surface area contributed by atoms with Crippen molar-refractivity contribution in [3.8, 4) is 0 Å². The van der Waals surface area contributed by atoms with Crippen molar-refractivity contribution in [2.75, 3.05) is 18.0 Å². The van der Waals surface area contributed by atoms with Crippen LogP contribution in [0.2, 0.25) is 0 Å². The summed E-state index contributed by atoms with van der Waals surface area (Å²) in [5.74, 6) is 0.586. The van der Waals surface area contributed by atoms with Crippen LogP contribution < -0.4 is 10.2 Å². The number of carbonyl (C=O) groups excluding carboxylic acids is 1. The molecule has 1 amide bonds. The highest BCUT2D eigenvalue weighted by Crippen LogP contribution is 2.39. The number of aromatic nitrogens is 2. The zero-order valence-corrected chi connectivity index (χ0v) is 14.7. The first-order valence-electron chi connectivity index (χ1n) is 8.46. The molecule has 132 valence electrons. The van der Waals surface area contributed by atoms with Crippen LogP contribution in [0.1, 0.15) is 39.3 Å². The molecule has 2 aliphatic rings. The van der Waals surface area contributed by atoms with Gasteiger partial charge in [0.15, 0.2) is 11.6 Å². The molecule has 7 heteroatoms. The van der Waals surface area contributed by atoms with E-state index in [0.29, 0.717) is 24.6 Å². The van der Waals surface area contributed by atoms with Gasteiger partial charge >= 0.3 is 6.09 Å². The molecule has 0 radical (unpaired) electrons. The summed E-state index contributed by atoms with van der Waals surface area (Å²) in [5.41, 5.74) is -0.146. The highest BCUT2D eigenvalue weighted by atomic mass is 19.1. The number of fused-ring (bicyclic) bond motifs is 2. The van der Waals surface area contributed by atoms with Crippen LogP contribution in [0.25, 0.3) is 0 Å². The number of aryl methyl sites for hydroxylation is 1. The number of nitrogens with zero attached hydrogens (tertiary/aromatic N) is 3. The summed E-state index contributed by atoms with van der Waals surface area (Å²) >= 11 is 0. The first-order chi connectivity index (χ1) is 11.2. The smallest absolute Gasteiger partial charge is 0.407 e. The third-order valence-electron chi connectivity index (χ3n) is 4.76. The van der Waals surface area contributed by atoms with Crippen molar-refractivity contribution in [2.24, 2.45) is 11.8 Å². The highest BCUT2D eigenvalue weighted by Gasteiger charge is 2.44. The predicted octanol–water partition coefficient (Wildman–Crippen LogP) is 2.66. The zero-order valence-electron chi connectivity index (χ0n) is 14.7. The number of rotatable bonds is 2. The maximum Gasteiger partial charge on any atom is 0.407 e. The molecular formula is C17H25FN4O2. The molecule has 1 saturated carbocycles. The van der Waals surface area contributed by atoms with Gasteiger partial charge in [0.1, 0.15) is 11.9 Å². The molecule has 1 N–H and O–H groups in total. The lowest BCUT2D eigenvalue weighted by molar-refractivity contribution is 0.0472. The number of carbonyl (C=O) groups is 1. The van der Waals surface area contributed by atoms with Crippen LogP contribution in [0.3, 0.4) is 0 Å². The number of piperidine rings is 1. The Hall–Kier alpha value is -1.92. The summed E-state index contributed by atoms with van der Waals surface area (Å²) < 4.78 is 19.7. The Kier molecular flexibility index (Phi) is 4.36. The molecule has 6 nitrogen and oxygen atoms in total.